The average molecular weight is 385 g/mol. The van der Waals surface area contributed by atoms with Gasteiger partial charge in [-0.15, -0.1) is 11.3 Å². The highest BCUT2D eigenvalue weighted by molar-refractivity contribution is 7.09. The smallest absolute Gasteiger partial charge is 0.267 e. The lowest BCUT2D eigenvalue weighted by Gasteiger charge is -2.23. The van der Waals surface area contributed by atoms with Crippen LogP contribution >= 0.6 is 11.3 Å². The van der Waals surface area contributed by atoms with Crippen LogP contribution in [0, 0.1) is 6.92 Å². The van der Waals surface area contributed by atoms with Gasteiger partial charge in [0, 0.05) is 30.5 Å². The average Bonchev–Trinajstić information content (AvgIpc) is 3.09. The lowest BCUT2D eigenvalue weighted by atomic mass is 10.1. The molecule has 2 amide bonds. The van der Waals surface area contributed by atoms with Crippen molar-refractivity contribution in [2.24, 2.45) is 5.10 Å². The number of hydrogen-bond donors (Lipinski definition) is 1. The Hall–Kier alpha value is -2.54. The summed E-state index contributed by atoms with van der Waals surface area (Å²) in [5, 5.41) is 11.8. The minimum Gasteiger partial charge on any atom is -0.351 e. The van der Waals surface area contributed by atoms with Gasteiger partial charge in [-0.1, -0.05) is 30.3 Å². The molecule has 3 rings (SSSR count). The molecule has 0 unspecified atom stereocenters. The number of benzene rings is 1. The molecule has 0 bridgehead atoms. The van der Waals surface area contributed by atoms with Crippen molar-refractivity contribution in [2.75, 3.05) is 6.54 Å². The number of amides is 2. The normalized spacial score (nSPS) is 14.2. The predicted octanol–water partition coefficient (Wildman–Crippen LogP) is 3.07. The molecule has 0 radical (unpaired) electrons. The summed E-state index contributed by atoms with van der Waals surface area (Å²) in [4.78, 5) is 28.9. The van der Waals surface area contributed by atoms with E-state index < -0.39 is 0 Å². The van der Waals surface area contributed by atoms with Crippen molar-refractivity contribution >= 4 is 28.9 Å². The van der Waals surface area contributed by atoms with Crippen LogP contribution in [0.25, 0.3) is 0 Å². The highest BCUT2D eigenvalue weighted by atomic mass is 32.1. The molecular weight excluding hydrogens is 360 g/mol. The zero-order valence-corrected chi connectivity index (χ0v) is 16.3. The van der Waals surface area contributed by atoms with Crippen LogP contribution in [0.5, 0.6) is 0 Å². The van der Waals surface area contributed by atoms with E-state index >= 15 is 0 Å². The highest BCUT2D eigenvalue weighted by Gasteiger charge is 2.24. The van der Waals surface area contributed by atoms with Crippen molar-refractivity contribution in [2.45, 2.75) is 45.6 Å². The summed E-state index contributed by atoms with van der Waals surface area (Å²) < 4.78 is 0. The summed E-state index contributed by atoms with van der Waals surface area (Å²) in [6.07, 6.45) is 3.54. The summed E-state index contributed by atoms with van der Waals surface area (Å²) in [5.41, 5.74) is 2.49. The maximum absolute atomic E-state index is 12.3. The van der Waals surface area contributed by atoms with Crippen molar-refractivity contribution in [3.05, 3.63) is 52.0 Å². The largest absolute Gasteiger partial charge is 0.351 e. The summed E-state index contributed by atoms with van der Waals surface area (Å²) in [7, 11) is 0. The molecule has 1 aromatic heterocycles. The van der Waals surface area contributed by atoms with E-state index in [-0.39, 0.29) is 11.8 Å². The van der Waals surface area contributed by atoms with Gasteiger partial charge in [0.25, 0.3) is 5.91 Å². The Balaban J connectivity index is 1.45. The first-order valence-electron chi connectivity index (χ1n) is 9.23. The fourth-order valence-corrected chi connectivity index (χ4v) is 3.69. The number of aromatic nitrogens is 1. The van der Waals surface area contributed by atoms with Gasteiger partial charge >= 0.3 is 0 Å². The van der Waals surface area contributed by atoms with Crippen LogP contribution in [0.3, 0.4) is 0 Å². The molecule has 1 aliphatic rings. The molecule has 1 aromatic carbocycles. The monoisotopic (exact) mass is 384 g/mol. The van der Waals surface area contributed by atoms with E-state index in [1.165, 1.54) is 5.01 Å². The van der Waals surface area contributed by atoms with E-state index in [2.05, 4.69) is 20.8 Å². The molecule has 1 N–H and O–H groups in total. The van der Waals surface area contributed by atoms with Gasteiger partial charge in [0.05, 0.1) is 11.6 Å². The number of hydrogen-bond acceptors (Lipinski definition) is 5. The molecule has 27 heavy (non-hydrogen) atoms. The Morgan fingerprint density at radius 3 is 2.78 bits per heavy atom. The summed E-state index contributed by atoms with van der Waals surface area (Å²) in [6, 6.07) is 9.67. The van der Waals surface area contributed by atoms with Gasteiger partial charge < -0.3 is 5.32 Å². The zero-order valence-electron chi connectivity index (χ0n) is 15.5. The van der Waals surface area contributed by atoms with Gasteiger partial charge in [-0.2, -0.15) is 5.10 Å². The molecule has 0 atom stereocenters. The van der Waals surface area contributed by atoms with E-state index in [9.17, 15) is 9.59 Å². The van der Waals surface area contributed by atoms with Crippen molar-refractivity contribution < 1.29 is 9.59 Å². The number of hydrazone groups is 1. The molecule has 0 fully saturated rings. The first kappa shape index (κ1) is 19.2. The van der Waals surface area contributed by atoms with Crippen LogP contribution in [0.15, 0.2) is 40.8 Å². The molecule has 1 aliphatic heterocycles. The van der Waals surface area contributed by atoms with Crippen LogP contribution in [0.2, 0.25) is 0 Å². The molecule has 2 aromatic rings. The lowest BCUT2D eigenvalue weighted by molar-refractivity contribution is -0.132. The molecule has 0 aliphatic carbocycles. The first-order valence-corrected chi connectivity index (χ1v) is 10.1. The number of carbonyl (C=O) groups excluding carboxylic acids is 2. The van der Waals surface area contributed by atoms with Crippen LogP contribution < -0.4 is 5.32 Å². The number of rotatable bonds is 8. The molecule has 0 saturated carbocycles. The highest BCUT2D eigenvalue weighted by Crippen LogP contribution is 2.14. The van der Waals surface area contributed by atoms with E-state index in [1.54, 1.807) is 11.3 Å². The minimum absolute atomic E-state index is 0.0471. The van der Waals surface area contributed by atoms with Crippen LogP contribution in [-0.4, -0.2) is 34.1 Å². The first-order chi connectivity index (χ1) is 13.1. The van der Waals surface area contributed by atoms with E-state index in [0.29, 0.717) is 31.6 Å². The molecule has 2 heterocycles. The Labute approximate surface area is 163 Å². The van der Waals surface area contributed by atoms with Crippen molar-refractivity contribution in [1.29, 1.82) is 0 Å². The third-order valence-corrected chi connectivity index (χ3v) is 5.34. The third kappa shape index (κ3) is 5.72. The van der Waals surface area contributed by atoms with E-state index in [1.807, 2.05) is 37.3 Å². The molecule has 0 spiro atoms. The Morgan fingerprint density at radius 2 is 2.04 bits per heavy atom. The van der Waals surface area contributed by atoms with Crippen molar-refractivity contribution in [1.82, 2.24) is 15.3 Å². The second-order valence-corrected chi connectivity index (χ2v) is 7.52. The lowest BCUT2D eigenvalue weighted by Crippen LogP contribution is -2.39. The predicted molar refractivity (Wildman–Crippen MR) is 106 cm³/mol. The van der Waals surface area contributed by atoms with Crippen LogP contribution in [0.4, 0.5) is 0 Å². The van der Waals surface area contributed by atoms with Gasteiger partial charge in [0.1, 0.15) is 5.71 Å². The topological polar surface area (TPSA) is 74.7 Å². The van der Waals surface area contributed by atoms with Gasteiger partial charge in [0.15, 0.2) is 0 Å². The Kier molecular flexibility index (Phi) is 6.70. The summed E-state index contributed by atoms with van der Waals surface area (Å²) >= 11 is 1.68. The van der Waals surface area contributed by atoms with Crippen LogP contribution in [-0.2, 0) is 22.6 Å². The molecule has 142 valence electrons. The maximum atomic E-state index is 12.3. The van der Waals surface area contributed by atoms with Gasteiger partial charge in [-0.05, 0) is 31.7 Å². The number of unbranched alkanes of at least 4 members (excludes halogenated alkanes) is 1. The number of nitrogens with zero attached hydrogens (tertiary/aromatic N) is 3. The Morgan fingerprint density at radius 1 is 1.22 bits per heavy atom. The summed E-state index contributed by atoms with van der Waals surface area (Å²) in [5.74, 6) is -0.222. The van der Waals surface area contributed by atoms with Gasteiger partial charge in [-0.3, -0.25) is 9.59 Å². The SMILES string of the molecule is Cc1csc(CCCCNC(=O)C2=NN(Cc3ccccc3)C(=O)CC2)n1. The molecular formula is C20H24N4O2S. The van der Waals surface area contributed by atoms with Gasteiger partial charge in [0.2, 0.25) is 5.91 Å². The third-order valence-electron chi connectivity index (χ3n) is 4.31. The second kappa shape index (κ2) is 9.41. The zero-order chi connectivity index (χ0) is 19.1. The van der Waals surface area contributed by atoms with E-state index in [4.69, 9.17) is 0 Å². The number of aryl methyl sites for hydroxylation is 2. The maximum Gasteiger partial charge on any atom is 0.267 e. The number of thiazole rings is 1. The van der Waals surface area contributed by atoms with Crippen molar-refractivity contribution in [3.63, 3.8) is 0 Å². The second-order valence-electron chi connectivity index (χ2n) is 6.58. The van der Waals surface area contributed by atoms with E-state index in [0.717, 1.165) is 35.5 Å². The fraction of sp³-hybridized carbons (Fsp3) is 0.400. The molecule has 0 saturated heterocycles. The quantitative estimate of drug-likeness (QED) is 0.711. The number of carbonyl (C=O) groups is 2. The summed E-state index contributed by atoms with van der Waals surface area (Å²) in [6.45, 7) is 3.00. The van der Waals surface area contributed by atoms with Crippen molar-refractivity contribution in [3.8, 4) is 0 Å². The van der Waals surface area contributed by atoms with Gasteiger partial charge in [-0.25, -0.2) is 9.99 Å². The van der Waals surface area contributed by atoms with Crippen LogP contribution in [0.1, 0.15) is 41.9 Å². The molecule has 6 nitrogen and oxygen atoms in total. The fourth-order valence-electron chi connectivity index (χ4n) is 2.87. The minimum atomic E-state index is -0.175. The standard InChI is InChI=1S/C20H24N4O2S/c1-15-14-27-18(22-15)9-5-6-12-21-20(26)17-10-11-19(25)24(23-17)13-16-7-3-2-4-8-16/h2-4,7-8,14H,5-6,9-13H2,1H3,(H,21,26). The number of nitrogens with one attached hydrogen (secondary N) is 1. The Bertz CT molecular complexity index is 816. The molecule has 7 heteroatoms.